The number of nitrogens with zero attached hydrogens (tertiary/aromatic N) is 1. The number of hydrogen-bond acceptors (Lipinski definition) is 2. The molecule has 0 aliphatic carbocycles. The van der Waals surface area contributed by atoms with Gasteiger partial charge in [0.05, 0.1) is 0 Å². The van der Waals surface area contributed by atoms with E-state index < -0.39 is 0 Å². The molecule has 0 aromatic carbocycles. The zero-order chi connectivity index (χ0) is 12.1. The number of carbonyl (C=O) groups is 1. The molecule has 4 heteroatoms. The van der Waals surface area contributed by atoms with Gasteiger partial charge in [-0.3, -0.25) is 10.1 Å². The molecule has 1 amide bonds. The summed E-state index contributed by atoms with van der Waals surface area (Å²) in [6, 6.07) is 0. The number of nitriles is 1. The molecule has 0 rings (SSSR count). The molecular weight excluding hydrogens is 266 g/mol. The Morgan fingerprint density at radius 1 is 1.00 bits per heavy atom. The Hall–Kier alpha value is -0.417. The van der Waals surface area contributed by atoms with Crippen LogP contribution in [0.1, 0.15) is 71.1 Å². The van der Waals surface area contributed by atoms with Crippen LogP contribution in [0, 0.1) is 11.5 Å². The average molecular weight is 290 g/mol. The van der Waals surface area contributed by atoms with Gasteiger partial charge in [0, 0.05) is 25.9 Å². The molecule has 0 spiro atoms. The van der Waals surface area contributed by atoms with Crippen LogP contribution in [0.3, 0.4) is 0 Å². The molecule has 0 heterocycles. The van der Waals surface area contributed by atoms with Crippen LogP contribution in [-0.4, -0.2) is 5.91 Å². The Labute approximate surface area is 118 Å². The van der Waals surface area contributed by atoms with Crippen molar-refractivity contribution in [3.8, 4) is 6.19 Å². The summed E-state index contributed by atoms with van der Waals surface area (Å²) in [7, 11) is 0. The molecule has 1 N–H and O–H groups in total. The van der Waals surface area contributed by atoms with Crippen molar-refractivity contribution < 1.29 is 24.3 Å². The molecule has 0 aliphatic heterocycles. The van der Waals surface area contributed by atoms with Crippen molar-refractivity contribution in [1.29, 1.82) is 5.26 Å². The largest absolute Gasteiger partial charge is 0.274 e. The Kier molecular flexibility index (Phi) is 17.4. The van der Waals surface area contributed by atoms with Crippen molar-refractivity contribution in [2.45, 2.75) is 71.1 Å². The van der Waals surface area contributed by atoms with Gasteiger partial charge in [0.25, 0.3) is 0 Å². The smallest absolute Gasteiger partial charge is 0.232 e. The summed E-state index contributed by atoms with van der Waals surface area (Å²) < 4.78 is 0. The fourth-order valence-electron chi connectivity index (χ4n) is 1.72. The molecule has 0 aromatic heterocycles. The van der Waals surface area contributed by atoms with Gasteiger partial charge in [-0.1, -0.05) is 58.3 Å². The van der Waals surface area contributed by atoms with Gasteiger partial charge in [-0.05, 0) is 6.42 Å². The summed E-state index contributed by atoms with van der Waals surface area (Å²) >= 11 is 0. The van der Waals surface area contributed by atoms with E-state index in [4.69, 9.17) is 5.26 Å². The van der Waals surface area contributed by atoms with E-state index in [2.05, 4.69) is 12.2 Å². The van der Waals surface area contributed by atoms with E-state index in [0.29, 0.717) is 6.42 Å². The third kappa shape index (κ3) is 15.6. The Balaban J connectivity index is 0. The monoisotopic (exact) mass is 288 g/mol. The summed E-state index contributed by atoms with van der Waals surface area (Å²) in [5.41, 5.74) is 0. The van der Waals surface area contributed by atoms with Crippen LogP contribution >= 0.6 is 0 Å². The fraction of sp³-hybridized carbons (Fsp3) is 0.846. The van der Waals surface area contributed by atoms with Gasteiger partial charge in [-0.15, -0.1) is 0 Å². The molecule has 0 aromatic rings. The van der Waals surface area contributed by atoms with E-state index in [-0.39, 0.29) is 25.4 Å². The minimum atomic E-state index is -0.148. The molecule has 0 radical (unpaired) electrons. The van der Waals surface area contributed by atoms with Crippen molar-refractivity contribution in [3.63, 3.8) is 0 Å². The topological polar surface area (TPSA) is 52.9 Å². The van der Waals surface area contributed by atoms with E-state index in [9.17, 15) is 4.79 Å². The summed E-state index contributed by atoms with van der Waals surface area (Å²) in [4.78, 5) is 10.9. The van der Waals surface area contributed by atoms with Gasteiger partial charge >= 0.3 is 0 Å². The number of carbonyl (C=O) groups excluding carboxylic acids is 1. The maximum absolute atomic E-state index is 10.9. The van der Waals surface area contributed by atoms with E-state index in [1.807, 2.05) is 0 Å². The van der Waals surface area contributed by atoms with E-state index in [1.165, 1.54) is 44.9 Å². The molecule has 0 saturated heterocycles. The molecule has 3 nitrogen and oxygen atoms in total. The van der Waals surface area contributed by atoms with Crippen LogP contribution in [0.25, 0.3) is 0 Å². The predicted molar refractivity (Wildman–Crippen MR) is 65.6 cm³/mol. The van der Waals surface area contributed by atoms with Gasteiger partial charge < -0.3 is 0 Å². The Morgan fingerprint density at radius 3 is 1.94 bits per heavy atom. The molecule has 17 heavy (non-hydrogen) atoms. The number of rotatable bonds is 10. The van der Waals surface area contributed by atoms with Crippen LogP contribution in [0.5, 0.6) is 0 Å². The van der Waals surface area contributed by atoms with Gasteiger partial charge in [-0.25, -0.2) is 0 Å². The van der Waals surface area contributed by atoms with E-state index >= 15 is 0 Å². The van der Waals surface area contributed by atoms with Crippen LogP contribution < -0.4 is 5.32 Å². The first kappa shape index (κ1) is 18.9. The summed E-state index contributed by atoms with van der Waals surface area (Å²) in [6.45, 7) is 2.23. The van der Waals surface area contributed by atoms with E-state index in [1.54, 1.807) is 6.19 Å². The van der Waals surface area contributed by atoms with Gasteiger partial charge in [0.2, 0.25) is 5.91 Å². The zero-order valence-electron chi connectivity index (χ0n) is 11.1. The molecule has 94 valence electrons. The minimum Gasteiger partial charge on any atom is -0.274 e. The molecular formula is C13H24N2OZn. The first-order valence-electron chi connectivity index (χ1n) is 6.49. The molecule has 0 saturated carbocycles. The van der Waals surface area contributed by atoms with Crippen LogP contribution in [0.15, 0.2) is 0 Å². The summed E-state index contributed by atoms with van der Waals surface area (Å²) in [6.07, 6.45) is 13.3. The van der Waals surface area contributed by atoms with Crippen LogP contribution in [0.4, 0.5) is 0 Å². The quantitative estimate of drug-likeness (QED) is 0.290. The number of hydrogen-bond donors (Lipinski definition) is 1. The maximum atomic E-state index is 10.9. The van der Waals surface area contributed by atoms with Crippen LogP contribution in [0.2, 0.25) is 0 Å². The third-order valence-electron chi connectivity index (χ3n) is 2.70. The van der Waals surface area contributed by atoms with Crippen LogP contribution in [-0.2, 0) is 24.3 Å². The maximum Gasteiger partial charge on any atom is 0.232 e. The summed E-state index contributed by atoms with van der Waals surface area (Å²) in [5.74, 6) is -0.148. The second-order valence-corrected chi connectivity index (χ2v) is 4.24. The summed E-state index contributed by atoms with van der Waals surface area (Å²) in [5, 5.41) is 10.3. The normalized spacial score (nSPS) is 9.18. The van der Waals surface area contributed by atoms with Crippen molar-refractivity contribution >= 4 is 5.91 Å². The Morgan fingerprint density at radius 2 is 1.47 bits per heavy atom. The van der Waals surface area contributed by atoms with Gasteiger partial charge in [0.1, 0.15) is 0 Å². The van der Waals surface area contributed by atoms with Crippen molar-refractivity contribution in [1.82, 2.24) is 5.32 Å². The Bertz CT molecular complexity index is 214. The minimum absolute atomic E-state index is 0. The number of amides is 1. The second kappa shape index (κ2) is 15.6. The first-order valence-corrected chi connectivity index (χ1v) is 6.49. The zero-order valence-corrected chi connectivity index (χ0v) is 14.1. The molecule has 0 fully saturated rings. The molecule has 0 unspecified atom stereocenters. The van der Waals surface area contributed by atoms with Crippen molar-refractivity contribution in [2.24, 2.45) is 0 Å². The third-order valence-corrected chi connectivity index (χ3v) is 2.70. The van der Waals surface area contributed by atoms with E-state index in [0.717, 1.165) is 12.8 Å². The standard InChI is InChI=1S/C13H24N2O.Zn/c1-2-3-4-5-6-7-8-9-10-11-13(16)15-12-14;/h2-11H2,1H3,(H,15,16);. The van der Waals surface area contributed by atoms with Gasteiger partial charge in [-0.2, -0.15) is 5.26 Å². The molecule has 0 aliphatic rings. The second-order valence-electron chi connectivity index (χ2n) is 4.24. The average Bonchev–Trinajstić information content (AvgIpc) is 2.27. The molecule has 0 atom stereocenters. The van der Waals surface area contributed by atoms with Gasteiger partial charge in [0.15, 0.2) is 6.19 Å². The fourth-order valence-corrected chi connectivity index (χ4v) is 1.72. The number of unbranched alkanes of at least 4 members (excludes halogenated alkanes) is 8. The predicted octanol–water partition coefficient (Wildman–Crippen LogP) is 3.50. The van der Waals surface area contributed by atoms with Crippen molar-refractivity contribution in [3.05, 3.63) is 0 Å². The van der Waals surface area contributed by atoms with Crippen molar-refractivity contribution in [2.75, 3.05) is 0 Å². The SMILES string of the molecule is CCCCCCCCCCCC(=O)NC#N.[Zn]. The number of nitrogens with one attached hydrogen (secondary N) is 1. The first-order chi connectivity index (χ1) is 7.81. The molecule has 0 bridgehead atoms.